The summed E-state index contributed by atoms with van der Waals surface area (Å²) in [7, 11) is 2.30. The van der Waals surface area contributed by atoms with Crippen molar-refractivity contribution in [2.45, 2.75) is 64.1 Å². The molecule has 1 saturated carbocycles. The second kappa shape index (κ2) is 4.84. The molecule has 0 bridgehead atoms. The number of nitrogens with one attached hydrogen (secondary N) is 1. The van der Waals surface area contributed by atoms with Crippen LogP contribution in [0.15, 0.2) is 0 Å². The molecule has 15 heavy (non-hydrogen) atoms. The zero-order chi connectivity index (χ0) is 10.8. The standard InChI is InChI=1S/C13H26N2/c1-10(2)9-13-12(14-11-6-7-11)5-4-8-15(13)3/h10-14H,4-9H2,1-3H3. The third kappa shape index (κ3) is 3.18. The maximum atomic E-state index is 3.84. The summed E-state index contributed by atoms with van der Waals surface area (Å²) < 4.78 is 0. The van der Waals surface area contributed by atoms with Gasteiger partial charge in [0.15, 0.2) is 0 Å². The smallest absolute Gasteiger partial charge is 0.0248 e. The van der Waals surface area contributed by atoms with Crippen molar-refractivity contribution >= 4 is 0 Å². The van der Waals surface area contributed by atoms with Gasteiger partial charge < -0.3 is 10.2 Å². The normalized spacial score (nSPS) is 33.6. The fraction of sp³-hybridized carbons (Fsp3) is 1.00. The number of hydrogen-bond acceptors (Lipinski definition) is 2. The van der Waals surface area contributed by atoms with Gasteiger partial charge in [0.1, 0.15) is 0 Å². The van der Waals surface area contributed by atoms with Gasteiger partial charge in [0.05, 0.1) is 0 Å². The van der Waals surface area contributed by atoms with E-state index in [1.807, 2.05) is 0 Å². The van der Waals surface area contributed by atoms with Crippen LogP contribution in [-0.4, -0.2) is 36.6 Å². The number of likely N-dealkylation sites (N-methyl/N-ethyl adjacent to an activating group) is 1. The van der Waals surface area contributed by atoms with Gasteiger partial charge in [0.25, 0.3) is 0 Å². The Balaban J connectivity index is 1.90. The van der Waals surface area contributed by atoms with E-state index in [1.54, 1.807) is 0 Å². The highest BCUT2D eigenvalue weighted by molar-refractivity contribution is 4.93. The molecule has 0 radical (unpaired) electrons. The zero-order valence-electron chi connectivity index (χ0n) is 10.5. The zero-order valence-corrected chi connectivity index (χ0v) is 10.5. The van der Waals surface area contributed by atoms with Gasteiger partial charge in [-0.1, -0.05) is 13.8 Å². The molecule has 2 atom stereocenters. The molecule has 1 aliphatic heterocycles. The molecular formula is C13H26N2. The molecule has 2 fully saturated rings. The summed E-state index contributed by atoms with van der Waals surface area (Å²) in [5.41, 5.74) is 0. The van der Waals surface area contributed by atoms with Gasteiger partial charge in [-0.2, -0.15) is 0 Å². The molecule has 1 heterocycles. The SMILES string of the molecule is CC(C)CC1C(NC2CC2)CCCN1C. The van der Waals surface area contributed by atoms with Crippen LogP contribution in [0.2, 0.25) is 0 Å². The molecule has 0 aromatic heterocycles. The third-order valence-corrected chi connectivity index (χ3v) is 3.80. The molecule has 88 valence electrons. The first-order valence-electron chi connectivity index (χ1n) is 6.63. The summed E-state index contributed by atoms with van der Waals surface area (Å²) in [5.74, 6) is 0.819. The molecule has 2 rings (SSSR count). The molecule has 2 aliphatic rings. The Bertz CT molecular complexity index is 199. The van der Waals surface area contributed by atoms with Crippen LogP contribution < -0.4 is 5.32 Å². The van der Waals surface area contributed by atoms with Gasteiger partial charge in [-0.25, -0.2) is 0 Å². The summed E-state index contributed by atoms with van der Waals surface area (Å²) in [6.07, 6.45) is 6.93. The van der Waals surface area contributed by atoms with Crippen LogP contribution in [0.3, 0.4) is 0 Å². The van der Waals surface area contributed by atoms with E-state index < -0.39 is 0 Å². The average molecular weight is 210 g/mol. The Labute approximate surface area is 94.4 Å². The Morgan fingerprint density at radius 2 is 2.00 bits per heavy atom. The average Bonchev–Trinajstić information content (AvgIpc) is 2.94. The van der Waals surface area contributed by atoms with E-state index in [4.69, 9.17) is 0 Å². The van der Waals surface area contributed by atoms with Gasteiger partial charge in [0, 0.05) is 18.1 Å². The quantitative estimate of drug-likeness (QED) is 0.765. The number of nitrogens with zero attached hydrogens (tertiary/aromatic N) is 1. The molecule has 1 N–H and O–H groups in total. The number of rotatable bonds is 4. The maximum absolute atomic E-state index is 3.84. The summed E-state index contributed by atoms with van der Waals surface area (Å²) in [4.78, 5) is 2.57. The maximum Gasteiger partial charge on any atom is 0.0248 e. The Hall–Kier alpha value is -0.0800. The highest BCUT2D eigenvalue weighted by atomic mass is 15.2. The minimum Gasteiger partial charge on any atom is -0.310 e. The van der Waals surface area contributed by atoms with Crippen molar-refractivity contribution in [2.75, 3.05) is 13.6 Å². The Morgan fingerprint density at radius 1 is 1.27 bits per heavy atom. The van der Waals surface area contributed by atoms with E-state index in [0.29, 0.717) is 0 Å². The molecule has 2 unspecified atom stereocenters. The molecule has 2 nitrogen and oxygen atoms in total. The van der Waals surface area contributed by atoms with Crippen molar-refractivity contribution in [3.8, 4) is 0 Å². The summed E-state index contributed by atoms with van der Waals surface area (Å²) >= 11 is 0. The number of likely N-dealkylation sites (tertiary alicyclic amines) is 1. The molecule has 2 heteroatoms. The minimum absolute atomic E-state index is 0.763. The Kier molecular flexibility index (Phi) is 3.68. The number of piperidine rings is 1. The predicted octanol–water partition coefficient (Wildman–Crippen LogP) is 2.25. The highest BCUT2D eigenvalue weighted by Crippen LogP contribution is 2.26. The van der Waals surface area contributed by atoms with E-state index in [-0.39, 0.29) is 0 Å². The van der Waals surface area contributed by atoms with E-state index in [9.17, 15) is 0 Å². The first-order valence-corrected chi connectivity index (χ1v) is 6.63. The highest BCUT2D eigenvalue weighted by Gasteiger charge is 2.33. The fourth-order valence-corrected chi connectivity index (χ4v) is 2.80. The van der Waals surface area contributed by atoms with E-state index in [1.165, 1.54) is 38.6 Å². The van der Waals surface area contributed by atoms with Gasteiger partial charge in [-0.05, 0) is 51.6 Å². The predicted molar refractivity (Wildman–Crippen MR) is 65.1 cm³/mol. The second-order valence-corrected chi connectivity index (χ2v) is 5.87. The first kappa shape index (κ1) is 11.4. The van der Waals surface area contributed by atoms with E-state index in [2.05, 4.69) is 31.1 Å². The van der Waals surface area contributed by atoms with Gasteiger partial charge >= 0.3 is 0 Å². The van der Waals surface area contributed by atoms with Crippen LogP contribution >= 0.6 is 0 Å². The van der Waals surface area contributed by atoms with Crippen molar-refractivity contribution < 1.29 is 0 Å². The summed E-state index contributed by atoms with van der Waals surface area (Å²) in [5, 5.41) is 3.84. The van der Waals surface area contributed by atoms with Gasteiger partial charge in [-0.15, -0.1) is 0 Å². The molecule has 0 amide bonds. The van der Waals surface area contributed by atoms with Crippen LogP contribution in [0.5, 0.6) is 0 Å². The van der Waals surface area contributed by atoms with Crippen molar-refractivity contribution in [3.05, 3.63) is 0 Å². The molecule has 0 aromatic carbocycles. The monoisotopic (exact) mass is 210 g/mol. The van der Waals surface area contributed by atoms with Crippen molar-refractivity contribution in [1.29, 1.82) is 0 Å². The first-order chi connectivity index (χ1) is 7.16. The lowest BCUT2D eigenvalue weighted by Crippen LogP contribution is -2.53. The minimum atomic E-state index is 0.763. The van der Waals surface area contributed by atoms with Crippen LogP contribution in [-0.2, 0) is 0 Å². The lowest BCUT2D eigenvalue weighted by atomic mass is 9.90. The van der Waals surface area contributed by atoms with Crippen LogP contribution in [0.25, 0.3) is 0 Å². The lowest BCUT2D eigenvalue weighted by Gasteiger charge is -2.40. The topological polar surface area (TPSA) is 15.3 Å². The van der Waals surface area contributed by atoms with E-state index in [0.717, 1.165) is 24.0 Å². The largest absolute Gasteiger partial charge is 0.310 e. The molecule has 1 aliphatic carbocycles. The Morgan fingerprint density at radius 3 is 2.60 bits per heavy atom. The van der Waals surface area contributed by atoms with Crippen molar-refractivity contribution in [1.82, 2.24) is 10.2 Å². The van der Waals surface area contributed by atoms with Crippen molar-refractivity contribution in [2.24, 2.45) is 5.92 Å². The van der Waals surface area contributed by atoms with Crippen molar-refractivity contribution in [3.63, 3.8) is 0 Å². The molecule has 1 saturated heterocycles. The van der Waals surface area contributed by atoms with Gasteiger partial charge in [-0.3, -0.25) is 0 Å². The van der Waals surface area contributed by atoms with Crippen LogP contribution in [0, 0.1) is 5.92 Å². The van der Waals surface area contributed by atoms with E-state index >= 15 is 0 Å². The number of hydrogen-bond donors (Lipinski definition) is 1. The van der Waals surface area contributed by atoms with Crippen LogP contribution in [0.1, 0.15) is 46.0 Å². The fourth-order valence-electron chi connectivity index (χ4n) is 2.80. The molecule has 0 aromatic rings. The molecular weight excluding hydrogens is 184 g/mol. The summed E-state index contributed by atoms with van der Waals surface area (Å²) in [6.45, 7) is 5.98. The summed E-state index contributed by atoms with van der Waals surface area (Å²) in [6, 6.07) is 2.40. The van der Waals surface area contributed by atoms with Gasteiger partial charge in [0.2, 0.25) is 0 Å². The lowest BCUT2D eigenvalue weighted by molar-refractivity contribution is 0.121. The molecule has 0 spiro atoms. The third-order valence-electron chi connectivity index (χ3n) is 3.80. The second-order valence-electron chi connectivity index (χ2n) is 5.87. The van der Waals surface area contributed by atoms with Crippen LogP contribution in [0.4, 0.5) is 0 Å².